The molecular formula is C23H29N3O2. The second-order valence-corrected chi connectivity index (χ2v) is 6.86. The highest BCUT2D eigenvalue weighted by Gasteiger charge is 2.11. The van der Waals surface area contributed by atoms with Crippen molar-refractivity contribution in [3.63, 3.8) is 0 Å². The largest absolute Gasteiger partial charge is 0.492 e. The summed E-state index contributed by atoms with van der Waals surface area (Å²) >= 11 is 0. The van der Waals surface area contributed by atoms with E-state index in [1.54, 1.807) is 0 Å². The number of carbonyl (C=O) groups excluding carboxylic acids is 1. The van der Waals surface area contributed by atoms with Gasteiger partial charge in [0, 0.05) is 19.4 Å². The normalized spacial score (nSPS) is 10.9. The second-order valence-electron chi connectivity index (χ2n) is 6.86. The lowest BCUT2D eigenvalue weighted by Gasteiger charge is -2.11. The molecular weight excluding hydrogens is 350 g/mol. The van der Waals surface area contributed by atoms with E-state index in [9.17, 15) is 4.79 Å². The summed E-state index contributed by atoms with van der Waals surface area (Å²) in [4.78, 5) is 16.5. The number of aromatic nitrogens is 2. The van der Waals surface area contributed by atoms with E-state index in [-0.39, 0.29) is 5.91 Å². The fourth-order valence-corrected chi connectivity index (χ4v) is 3.27. The van der Waals surface area contributed by atoms with Gasteiger partial charge in [0.25, 0.3) is 0 Å². The van der Waals surface area contributed by atoms with Crippen LogP contribution in [-0.4, -0.2) is 28.6 Å². The molecule has 28 heavy (non-hydrogen) atoms. The van der Waals surface area contributed by atoms with Gasteiger partial charge in [0.1, 0.15) is 18.2 Å². The van der Waals surface area contributed by atoms with E-state index in [0.29, 0.717) is 32.5 Å². The Morgan fingerprint density at radius 1 is 1.11 bits per heavy atom. The molecule has 0 spiro atoms. The van der Waals surface area contributed by atoms with Gasteiger partial charge in [-0.1, -0.05) is 38.1 Å². The minimum Gasteiger partial charge on any atom is -0.492 e. The summed E-state index contributed by atoms with van der Waals surface area (Å²) in [6, 6.07) is 16.4. The summed E-state index contributed by atoms with van der Waals surface area (Å²) < 4.78 is 8.14. The Morgan fingerprint density at radius 3 is 2.64 bits per heavy atom. The predicted octanol–water partition coefficient (Wildman–Crippen LogP) is 4.14. The third kappa shape index (κ3) is 5.12. The first-order valence-corrected chi connectivity index (χ1v) is 10.1. The summed E-state index contributed by atoms with van der Waals surface area (Å²) in [5.41, 5.74) is 3.38. The molecule has 0 atom stereocenters. The number of carbonyl (C=O) groups is 1. The molecule has 0 saturated heterocycles. The fourth-order valence-electron chi connectivity index (χ4n) is 3.27. The second kappa shape index (κ2) is 9.93. The molecule has 148 valence electrons. The number of aryl methyl sites for hydroxylation is 1. The lowest BCUT2D eigenvalue weighted by Crippen LogP contribution is -2.26. The van der Waals surface area contributed by atoms with Crippen LogP contribution in [0.1, 0.15) is 38.1 Å². The number of benzene rings is 2. The number of nitrogens with one attached hydrogen (secondary N) is 1. The van der Waals surface area contributed by atoms with Crippen molar-refractivity contribution < 1.29 is 9.53 Å². The number of ether oxygens (including phenoxy) is 1. The molecule has 3 rings (SSSR count). The third-order valence-electron chi connectivity index (χ3n) is 4.80. The Labute approximate surface area is 166 Å². The smallest absolute Gasteiger partial charge is 0.219 e. The van der Waals surface area contributed by atoms with E-state index in [2.05, 4.69) is 35.0 Å². The molecule has 5 nitrogen and oxygen atoms in total. The molecule has 5 heteroatoms. The molecule has 0 radical (unpaired) electrons. The number of nitrogens with zero attached hydrogens (tertiary/aromatic N) is 2. The molecule has 0 unspecified atom stereocenters. The summed E-state index contributed by atoms with van der Waals surface area (Å²) in [5, 5.41) is 2.97. The van der Waals surface area contributed by atoms with Crippen molar-refractivity contribution in [1.29, 1.82) is 0 Å². The van der Waals surface area contributed by atoms with Gasteiger partial charge in [-0.2, -0.15) is 0 Å². The van der Waals surface area contributed by atoms with Crippen LogP contribution in [0.5, 0.6) is 5.75 Å². The van der Waals surface area contributed by atoms with Crippen molar-refractivity contribution in [2.45, 2.75) is 46.1 Å². The Morgan fingerprint density at radius 2 is 1.89 bits per heavy atom. The van der Waals surface area contributed by atoms with Crippen molar-refractivity contribution in [1.82, 2.24) is 14.9 Å². The maximum atomic E-state index is 11.7. The Bertz CT molecular complexity index is 900. The molecule has 0 bridgehead atoms. The van der Waals surface area contributed by atoms with Crippen LogP contribution in [0.15, 0.2) is 48.5 Å². The van der Waals surface area contributed by atoms with Crippen LogP contribution in [0.4, 0.5) is 0 Å². The molecule has 0 aliphatic heterocycles. The van der Waals surface area contributed by atoms with Crippen LogP contribution in [-0.2, 0) is 24.2 Å². The summed E-state index contributed by atoms with van der Waals surface area (Å²) in [7, 11) is 0. The molecule has 1 amide bonds. The Kier molecular flexibility index (Phi) is 7.06. The topological polar surface area (TPSA) is 56.2 Å². The lowest BCUT2D eigenvalue weighted by molar-refractivity contribution is -0.121. The van der Waals surface area contributed by atoms with Gasteiger partial charge in [0.15, 0.2) is 0 Å². The minimum absolute atomic E-state index is 0.101. The highest BCUT2D eigenvalue weighted by Crippen LogP contribution is 2.17. The van der Waals surface area contributed by atoms with Crippen LogP contribution < -0.4 is 10.1 Å². The van der Waals surface area contributed by atoms with E-state index in [0.717, 1.165) is 35.4 Å². The molecule has 0 saturated carbocycles. The SMILES string of the molecule is CCCC(=O)NCCc1nc2ccccc2n1CCOc1ccc(CC)cc1. The van der Waals surface area contributed by atoms with Gasteiger partial charge in [-0.3, -0.25) is 4.79 Å². The van der Waals surface area contributed by atoms with Gasteiger partial charge < -0.3 is 14.6 Å². The van der Waals surface area contributed by atoms with Crippen molar-refractivity contribution in [2.24, 2.45) is 0 Å². The number of imidazole rings is 1. The first-order chi connectivity index (χ1) is 13.7. The molecule has 1 heterocycles. The summed E-state index contributed by atoms with van der Waals surface area (Å²) in [6.45, 7) is 6.04. The lowest BCUT2D eigenvalue weighted by atomic mass is 10.2. The zero-order valence-corrected chi connectivity index (χ0v) is 16.8. The van der Waals surface area contributed by atoms with E-state index < -0.39 is 0 Å². The zero-order chi connectivity index (χ0) is 19.8. The molecule has 2 aromatic carbocycles. The molecule has 3 aromatic rings. The maximum absolute atomic E-state index is 11.7. The van der Waals surface area contributed by atoms with Gasteiger partial charge in [-0.05, 0) is 42.7 Å². The zero-order valence-electron chi connectivity index (χ0n) is 16.8. The highest BCUT2D eigenvalue weighted by molar-refractivity contribution is 5.76. The van der Waals surface area contributed by atoms with Crippen LogP contribution in [0.25, 0.3) is 11.0 Å². The molecule has 1 N–H and O–H groups in total. The van der Waals surface area contributed by atoms with Gasteiger partial charge in [-0.15, -0.1) is 0 Å². The molecule has 0 aliphatic carbocycles. The Hall–Kier alpha value is -2.82. The standard InChI is InChI=1S/C23H29N3O2/c1-3-7-23(27)24-15-14-22-25-20-8-5-6-9-21(20)26(22)16-17-28-19-12-10-18(4-2)11-13-19/h5-6,8-13H,3-4,7,14-17H2,1-2H3,(H,24,27). The highest BCUT2D eigenvalue weighted by atomic mass is 16.5. The maximum Gasteiger partial charge on any atom is 0.219 e. The number of fused-ring (bicyclic) bond motifs is 1. The van der Waals surface area contributed by atoms with E-state index in [4.69, 9.17) is 9.72 Å². The Balaban J connectivity index is 1.65. The molecule has 0 fully saturated rings. The number of hydrogen-bond acceptors (Lipinski definition) is 3. The summed E-state index contributed by atoms with van der Waals surface area (Å²) in [5.74, 6) is 1.96. The monoisotopic (exact) mass is 379 g/mol. The number of para-hydroxylation sites is 2. The van der Waals surface area contributed by atoms with Crippen LogP contribution in [0, 0.1) is 0 Å². The molecule has 1 aromatic heterocycles. The van der Waals surface area contributed by atoms with Crippen molar-refractivity contribution in [3.05, 3.63) is 59.9 Å². The number of rotatable bonds is 10. The number of amides is 1. The van der Waals surface area contributed by atoms with Gasteiger partial charge in [0.2, 0.25) is 5.91 Å². The van der Waals surface area contributed by atoms with Crippen molar-refractivity contribution in [2.75, 3.05) is 13.2 Å². The van der Waals surface area contributed by atoms with E-state index in [1.165, 1.54) is 5.56 Å². The van der Waals surface area contributed by atoms with Crippen LogP contribution in [0.2, 0.25) is 0 Å². The predicted molar refractivity (Wildman–Crippen MR) is 113 cm³/mol. The van der Waals surface area contributed by atoms with Gasteiger partial charge in [-0.25, -0.2) is 4.98 Å². The van der Waals surface area contributed by atoms with Gasteiger partial charge >= 0.3 is 0 Å². The fraction of sp³-hybridized carbons (Fsp3) is 0.391. The minimum atomic E-state index is 0.101. The van der Waals surface area contributed by atoms with Crippen molar-refractivity contribution >= 4 is 16.9 Å². The van der Waals surface area contributed by atoms with Crippen molar-refractivity contribution in [3.8, 4) is 5.75 Å². The van der Waals surface area contributed by atoms with Crippen LogP contribution in [0.3, 0.4) is 0 Å². The number of hydrogen-bond donors (Lipinski definition) is 1. The van der Waals surface area contributed by atoms with Gasteiger partial charge in [0.05, 0.1) is 17.6 Å². The third-order valence-corrected chi connectivity index (χ3v) is 4.80. The quantitative estimate of drug-likeness (QED) is 0.576. The first kappa shape index (κ1) is 19.9. The summed E-state index contributed by atoms with van der Waals surface area (Å²) in [6.07, 6.45) is 3.16. The van der Waals surface area contributed by atoms with E-state index in [1.807, 2.05) is 37.3 Å². The van der Waals surface area contributed by atoms with E-state index >= 15 is 0 Å². The first-order valence-electron chi connectivity index (χ1n) is 10.1. The average molecular weight is 380 g/mol. The average Bonchev–Trinajstić information content (AvgIpc) is 3.06. The molecule has 0 aliphatic rings. The van der Waals surface area contributed by atoms with Crippen LogP contribution >= 0.6 is 0 Å².